The minimum Gasteiger partial charge on any atom is -0.332 e. The van der Waals surface area contributed by atoms with E-state index in [-0.39, 0.29) is 17.3 Å². The van der Waals surface area contributed by atoms with Gasteiger partial charge in [0.2, 0.25) is 5.91 Å². The molecule has 0 N–H and O–H groups in total. The Bertz CT molecular complexity index is 702. The Balaban J connectivity index is 2.12. The molecule has 0 aliphatic heterocycles. The lowest BCUT2D eigenvalue weighted by Crippen LogP contribution is -2.35. The highest BCUT2D eigenvalue weighted by molar-refractivity contribution is 7.16. The van der Waals surface area contributed by atoms with E-state index >= 15 is 0 Å². The molecule has 2 rings (SSSR count). The Morgan fingerprint density at radius 1 is 1.52 bits per heavy atom. The van der Waals surface area contributed by atoms with E-state index in [0.29, 0.717) is 17.4 Å². The maximum absolute atomic E-state index is 12.4. The molecule has 0 aliphatic rings. The Kier molecular flexibility index (Phi) is 5.39. The summed E-state index contributed by atoms with van der Waals surface area (Å²) >= 11 is 8.46. The number of carbonyl (C=O) groups excluding carboxylic acids is 1. The minimum absolute atomic E-state index is 0.0567. The third-order valence-corrected chi connectivity index (χ3v) is 5.04. The average molecular weight is 343 g/mol. The lowest BCUT2D eigenvalue weighted by atomic mass is 10.3. The first-order valence-corrected chi connectivity index (χ1v) is 8.36. The first-order chi connectivity index (χ1) is 10.0. The zero-order valence-electron chi connectivity index (χ0n) is 11.5. The van der Waals surface area contributed by atoms with Crippen molar-refractivity contribution in [1.82, 2.24) is 9.47 Å². The maximum atomic E-state index is 12.4. The van der Waals surface area contributed by atoms with E-state index < -0.39 is 0 Å². The first kappa shape index (κ1) is 16.0. The molecule has 0 radical (unpaired) electrons. The molecule has 4 nitrogen and oxygen atoms in total. The van der Waals surface area contributed by atoms with Crippen LogP contribution in [0.25, 0.3) is 0 Å². The number of nitrogens with zero attached hydrogens (tertiary/aromatic N) is 2. The fourth-order valence-electron chi connectivity index (χ4n) is 1.87. The predicted molar refractivity (Wildman–Crippen MR) is 88.3 cm³/mol. The van der Waals surface area contributed by atoms with Crippen molar-refractivity contribution in [2.75, 3.05) is 6.54 Å². The summed E-state index contributed by atoms with van der Waals surface area (Å²) in [6, 6.07) is 3.71. The van der Waals surface area contributed by atoms with Gasteiger partial charge < -0.3 is 4.90 Å². The molecule has 0 fully saturated rings. The normalized spacial score (nSPS) is 10.6. The summed E-state index contributed by atoms with van der Waals surface area (Å²) in [7, 11) is 0. The second-order valence-electron chi connectivity index (χ2n) is 4.50. The minimum atomic E-state index is -0.112. The number of hydrogen-bond donors (Lipinski definition) is 0. The molecule has 0 aromatic carbocycles. The summed E-state index contributed by atoms with van der Waals surface area (Å²) in [6.45, 7) is 6.47. The SMILES string of the molecule is C=CCN(Cc1ccc(Cl)s1)C(=O)Cn1c(C)csc1=O. The summed E-state index contributed by atoms with van der Waals surface area (Å²) in [5, 5.41) is 1.76. The van der Waals surface area contributed by atoms with Crippen LogP contribution < -0.4 is 4.87 Å². The van der Waals surface area contributed by atoms with Crippen molar-refractivity contribution >= 4 is 40.2 Å². The molecular weight excluding hydrogens is 328 g/mol. The number of aryl methyl sites for hydroxylation is 1. The Labute approximate surface area is 135 Å². The van der Waals surface area contributed by atoms with Gasteiger partial charge in [0.25, 0.3) is 0 Å². The van der Waals surface area contributed by atoms with Crippen molar-refractivity contribution in [3.05, 3.63) is 54.7 Å². The highest BCUT2D eigenvalue weighted by atomic mass is 35.5. The highest BCUT2D eigenvalue weighted by Gasteiger charge is 2.16. The number of thiophene rings is 1. The van der Waals surface area contributed by atoms with Gasteiger partial charge >= 0.3 is 4.87 Å². The number of aromatic nitrogens is 1. The van der Waals surface area contributed by atoms with E-state index in [0.717, 1.165) is 21.9 Å². The van der Waals surface area contributed by atoms with Crippen LogP contribution in [-0.2, 0) is 17.9 Å². The van der Waals surface area contributed by atoms with Crippen molar-refractivity contribution < 1.29 is 4.79 Å². The van der Waals surface area contributed by atoms with Gasteiger partial charge in [-0.3, -0.25) is 14.2 Å². The standard InChI is InChI=1S/C14H15ClN2O2S2/c1-3-6-16(7-11-4-5-12(15)21-11)13(18)8-17-10(2)9-20-14(17)19/h3-5,9H,1,6-8H2,2H3. The van der Waals surface area contributed by atoms with Crippen LogP contribution in [0.2, 0.25) is 4.34 Å². The molecule has 0 unspecified atom stereocenters. The third kappa shape index (κ3) is 4.06. The van der Waals surface area contributed by atoms with Crippen LogP contribution in [0.5, 0.6) is 0 Å². The van der Waals surface area contributed by atoms with Crippen LogP contribution in [-0.4, -0.2) is 21.9 Å². The van der Waals surface area contributed by atoms with Crippen LogP contribution in [0.4, 0.5) is 0 Å². The summed E-state index contributed by atoms with van der Waals surface area (Å²) in [5.41, 5.74) is 0.802. The number of amides is 1. The van der Waals surface area contributed by atoms with E-state index in [1.54, 1.807) is 16.4 Å². The summed E-state index contributed by atoms with van der Waals surface area (Å²) in [4.78, 5) is 26.7. The van der Waals surface area contributed by atoms with Gasteiger partial charge in [-0.05, 0) is 19.1 Å². The number of halogens is 1. The molecule has 0 spiro atoms. The largest absolute Gasteiger partial charge is 0.332 e. The third-order valence-electron chi connectivity index (χ3n) is 2.95. The quantitative estimate of drug-likeness (QED) is 0.757. The molecule has 0 atom stereocenters. The summed E-state index contributed by atoms with van der Waals surface area (Å²) in [5.74, 6) is -0.108. The van der Waals surface area contributed by atoms with Crippen LogP contribution in [0.3, 0.4) is 0 Å². The average Bonchev–Trinajstić information content (AvgIpc) is 2.98. The second-order valence-corrected chi connectivity index (χ2v) is 7.12. The van der Waals surface area contributed by atoms with Gasteiger partial charge in [0.1, 0.15) is 6.54 Å². The number of hydrogen-bond acceptors (Lipinski definition) is 4. The van der Waals surface area contributed by atoms with Crippen LogP contribution >= 0.6 is 34.3 Å². The topological polar surface area (TPSA) is 42.3 Å². The highest BCUT2D eigenvalue weighted by Crippen LogP contribution is 2.22. The smallest absolute Gasteiger partial charge is 0.307 e. The van der Waals surface area contributed by atoms with E-state index in [2.05, 4.69) is 6.58 Å². The molecule has 0 saturated carbocycles. The van der Waals surface area contributed by atoms with Crippen molar-refractivity contribution in [3.63, 3.8) is 0 Å². The van der Waals surface area contributed by atoms with Gasteiger partial charge in [0.05, 0.1) is 10.9 Å². The fourth-order valence-corrected chi connectivity index (χ4v) is 3.70. The Morgan fingerprint density at radius 3 is 2.81 bits per heavy atom. The van der Waals surface area contributed by atoms with Crippen LogP contribution in [0, 0.1) is 6.92 Å². The van der Waals surface area contributed by atoms with E-state index in [1.807, 2.05) is 19.1 Å². The zero-order valence-corrected chi connectivity index (χ0v) is 13.9. The molecule has 2 heterocycles. The molecule has 0 bridgehead atoms. The molecule has 2 aromatic heterocycles. The van der Waals surface area contributed by atoms with Crippen LogP contribution in [0.15, 0.2) is 35.0 Å². The zero-order chi connectivity index (χ0) is 15.4. The first-order valence-electron chi connectivity index (χ1n) is 6.29. The molecule has 0 aliphatic carbocycles. The number of rotatable bonds is 6. The van der Waals surface area contributed by atoms with Gasteiger partial charge in [0.15, 0.2) is 0 Å². The molecule has 0 saturated heterocycles. The molecule has 2 aromatic rings. The maximum Gasteiger partial charge on any atom is 0.307 e. The molecule has 7 heteroatoms. The van der Waals surface area contributed by atoms with Crippen molar-refractivity contribution in [2.45, 2.75) is 20.0 Å². The van der Waals surface area contributed by atoms with Gasteiger partial charge in [0, 0.05) is 22.5 Å². The van der Waals surface area contributed by atoms with Crippen LogP contribution in [0.1, 0.15) is 10.6 Å². The Morgan fingerprint density at radius 2 is 2.29 bits per heavy atom. The fraction of sp³-hybridized carbons (Fsp3) is 0.286. The monoisotopic (exact) mass is 342 g/mol. The van der Waals surface area contributed by atoms with Crippen molar-refractivity contribution in [1.29, 1.82) is 0 Å². The van der Waals surface area contributed by atoms with Crippen molar-refractivity contribution in [2.24, 2.45) is 0 Å². The summed E-state index contributed by atoms with van der Waals surface area (Å²) in [6.07, 6.45) is 1.68. The lowest BCUT2D eigenvalue weighted by molar-refractivity contribution is -0.131. The molecular formula is C14H15ClN2O2S2. The number of thiazole rings is 1. The van der Waals surface area contributed by atoms with E-state index in [1.165, 1.54) is 15.9 Å². The summed E-state index contributed by atoms with van der Waals surface area (Å²) < 4.78 is 2.19. The lowest BCUT2D eigenvalue weighted by Gasteiger charge is -2.20. The molecule has 112 valence electrons. The van der Waals surface area contributed by atoms with Crippen molar-refractivity contribution in [3.8, 4) is 0 Å². The van der Waals surface area contributed by atoms with Gasteiger partial charge in [-0.1, -0.05) is 29.0 Å². The van der Waals surface area contributed by atoms with Gasteiger partial charge in [-0.25, -0.2) is 0 Å². The van der Waals surface area contributed by atoms with Gasteiger partial charge in [-0.15, -0.1) is 17.9 Å². The van der Waals surface area contributed by atoms with Gasteiger partial charge in [-0.2, -0.15) is 0 Å². The second kappa shape index (κ2) is 7.06. The Hall–Kier alpha value is -1.37. The van der Waals surface area contributed by atoms with E-state index in [4.69, 9.17) is 11.6 Å². The number of carbonyl (C=O) groups is 1. The molecule has 21 heavy (non-hydrogen) atoms. The predicted octanol–water partition coefficient (Wildman–Crippen LogP) is 3.15. The molecule has 1 amide bonds. The van der Waals surface area contributed by atoms with E-state index in [9.17, 15) is 9.59 Å².